The number of imidazole rings is 1. The number of hydrogen-bond donors (Lipinski definition) is 1. The van der Waals surface area contributed by atoms with Crippen LogP contribution in [0, 0.1) is 23.5 Å². The lowest BCUT2D eigenvalue weighted by Crippen LogP contribution is -2.24. The molecule has 0 radical (unpaired) electrons. The SMILES string of the molecule is CCOC(=O)c1cnc(Cc2cc(F)c(N3CC4CC4C3)c(F)c2)[nH]1. The number of nitrogens with zero attached hydrogens (tertiary/aromatic N) is 2. The van der Waals surface area contributed by atoms with Crippen LogP contribution >= 0.6 is 0 Å². The van der Waals surface area contributed by atoms with Gasteiger partial charge in [-0.2, -0.15) is 0 Å². The van der Waals surface area contributed by atoms with Crippen LogP contribution in [0.3, 0.4) is 0 Å². The van der Waals surface area contributed by atoms with Gasteiger partial charge in [0, 0.05) is 19.5 Å². The van der Waals surface area contributed by atoms with E-state index < -0.39 is 17.6 Å². The zero-order chi connectivity index (χ0) is 17.6. The van der Waals surface area contributed by atoms with E-state index in [0.717, 1.165) is 13.1 Å². The number of aromatic nitrogens is 2. The molecule has 1 saturated carbocycles. The quantitative estimate of drug-likeness (QED) is 0.845. The standard InChI is InChI=1S/C18H19F2N3O2/c1-2-25-18(24)15-7-21-16(22-15)5-10-3-13(19)17(14(20)4-10)23-8-11-6-12(11)9-23/h3-4,7,11-12H,2,5-6,8-9H2,1H3,(H,21,22). The van der Waals surface area contributed by atoms with Crippen LogP contribution in [0.15, 0.2) is 18.3 Å². The lowest BCUT2D eigenvalue weighted by molar-refractivity contribution is 0.0520. The highest BCUT2D eigenvalue weighted by Crippen LogP contribution is 2.47. The van der Waals surface area contributed by atoms with Gasteiger partial charge < -0.3 is 14.6 Å². The van der Waals surface area contributed by atoms with E-state index in [1.807, 2.05) is 0 Å². The third-order valence-corrected chi connectivity index (χ3v) is 4.87. The number of hydrogen-bond acceptors (Lipinski definition) is 4. The number of rotatable bonds is 5. The molecular formula is C18H19F2N3O2. The van der Waals surface area contributed by atoms with Crippen molar-refractivity contribution in [1.29, 1.82) is 0 Å². The van der Waals surface area contributed by atoms with Crippen molar-refractivity contribution < 1.29 is 18.3 Å². The fraction of sp³-hybridized carbons (Fsp3) is 0.444. The molecule has 2 aliphatic rings. The minimum absolute atomic E-state index is 0.0719. The molecule has 2 unspecified atom stereocenters. The van der Waals surface area contributed by atoms with Gasteiger partial charge in [0.25, 0.3) is 0 Å². The summed E-state index contributed by atoms with van der Waals surface area (Å²) in [4.78, 5) is 20.3. The molecule has 1 aromatic heterocycles. The Hall–Kier alpha value is -2.44. The summed E-state index contributed by atoms with van der Waals surface area (Å²) >= 11 is 0. The van der Waals surface area contributed by atoms with E-state index in [-0.39, 0.29) is 24.4 Å². The van der Waals surface area contributed by atoms with Crippen LogP contribution in [0.2, 0.25) is 0 Å². The van der Waals surface area contributed by atoms with E-state index in [1.54, 1.807) is 11.8 Å². The summed E-state index contributed by atoms with van der Waals surface area (Å²) in [5.74, 6) is 0.0614. The number of nitrogens with one attached hydrogen (secondary N) is 1. The summed E-state index contributed by atoms with van der Waals surface area (Å²) in [5.41, 5.74) is 0.765. The van der Waals surface area contributed by atoms with Gasteiger partial charge >= 0.3 is 5.97 Å². The lowest BCUT2D eigenvalue weighted by Gasteiger charge is -2.22. The maximum absolute atomic E-state index is 14.5. The molecule has 2 fully saturated rings. The molecule has 7 heteroatoms. The number of piperidine rings is 1. The molecular weight excluding hydrogens is 328 g/mol. The highest BCUT2D eigenvalue weighted by atomic mass is 19.1. The molecule has 1 N–H and O–H groups in total. The Morgan fingerprint density at radius 3 is 2.64 bits per heavy atom. The molecule has 1 aliphatic heterocycles. The number of halogens is 2. The van der Waals surface area contributed by atoms with Crippen LogP contribution in [0.5, 0.6) is 0 Å². The summed E-state index contributed by atoms with van der Waals surface area (Å²) in [7, 11) is 0. The van der Waals surface area contributed by atoms with Crippen molar-refractivity contribution >= 4 is 11.7 Å². The van der Waals surface area contributed by atoms with Gasteiger partial charge in [-0.3, -0.25) is 0 Å². The van der Waals surface area contributed by atoms with E-state index in [2.05, 4.69) is 9.97 Å². The Labute approximate surface area is 144 Å². The molecule has 0 bridgehead atoms. The van der Waals surface area contributed by atoms with Crippen LogP contribution in [0.4, 0.5) is 14.5 Å². The van der Waals surface area contributed by atoms with E-state index in [9.17, 15) is 13.6 Å². The maximum atomic E-state index is 14.5. The third-order valence-electron chi connectivity index (χ3n) is 4.87. The first-order valence-corrected chi connectivity index (χ1v) is 8.49. The van der Waals surface area contributed by atoms with Gasteiger partial charge in [-0.25, -0.2) is 18.6 Å². The van der Waals surface area contributed by atoms with Crippen LogP contribution in [0.1, 0.15) is 35.2 Å². The van der Waals surface area contributed by atoms with Crippen LogP contribution < -0.4 is 4.90 Å². The molecule has 25 heavy (non-hydrogen) atoms. The number of benzene rings is 1. The highest BCUT2D eigenvalue weighted by Gasteiger charge is 2.46. The summed E-state index contributed by atoms with van der Waals surface area (Å²) in [6, 6.07) is 2.68. The number of H-pyrrole nitrogens is 1. The van der Waals surface area contributed by atoms with E-state index in [1.165, 1.54) is 24.8 Å². The van der Waals surface area contributed by atoms with E-state index in [4.69, 9.17) is 4.74 Å². The molecule has 2 atom stereocenters. The third kappa shape index (κ3) is 3.10. The second-order valence-electron chi connectivity index (χ2n) is 6.71. The zero-order valence-corrected chi connectivity index (χ0v) is 13.9. The van der Waals surface area contributed by atoms with Crippen molar-refractivity contribution in [3.05, 3.63) is 47.0 Å². The smallest absolute Gasteiger partial charge is 0.356 e. The number of carbonyl (C=O) groups excluding carboxylic acids is 1. The minimum atomic E-state index is -0.548. The summed E-state index contributed by atoms with van der Waals surface area (Å²) in [6.07, 6.45) is 2.75. The Morgan fingerprint density at radius 2 is 2.00 bits per heavy atom. The van der Waals surface area contributed by atoms with Gasteiger partial charge in [0.2, 0.25) is 0 Å². The molecule has 132 valence electrons. The van der Waals surface area contributed by atoms with Crippen molar-refractivity contribution in [2.24, 2.45) is 11.8 Å². The molecule has 2 aromatic rings. The summed E-state index contributed by atoms with van der Waals surface area (Å²) < 4.78 is 33.8. The van der Waals surface area contributed by atoms with Gasteiger partial charge in [-0.1, -0.05) is 0 Å². The first-order valence-electron chi connectivity index (χ1n) is 8.49. The number of fused-ring (bicyclic) bond motifs is 1. The molecule has 5 nitrogen and oxygen atoms in total. The Balaban J connectivity index is 1.50. The average molecular weight is 347 g/mol. The molecule has 1 aliphatic carbocycles. The number of anilines is 1. The van der Waals surface area contributed by atoms with Crippen molar-refractivity contribution in [1.82, 2.24) is 9.97 Å². The van der Waals surface area contributed by atoms with Gasteiger partial charge in [-0.15, -0.1) is 0 Å². The van der Waals surface area contributed by atoms with Crippen LogP contribution in [-0.2, 0) is 11.2 Å². The largest absolute Gasteiger partial charge is 0.461 e. The molecule has 1 saturated heterocycles. The van der Waals surface area contributed by atoms with E-state index >= 15 is 0 Å². The van der Waals surface area contributed by atoms with E-state index in [0.29, 0.717) is 23.2 Å². The molecule has 1 aromatic carbocycles. The van der Waals surface area contributed by atoms with Crippen molar-refractivity contribution in [3.8, 4) is 0 Å². The van der Waals surface area contributed by atoms with Gasteiger partial charge in [0.15, 0.2) is 0 Å². The Morgan fingerprint density at radius 1 is 1.32 bits per heavy atom. The topological polar surface area (TPSA) is 58.2 Å². The van der Waals surface area contributed by atoms with Gasteiger partial charge in [-0.05, 0) is 42.9 Å². The summed E-state index contributed by atoms with van der Waals surface area (Å²) in [5, 5.41) is 0. The lowest BCUT2D eigenvalue weighted by atomic mass is 10.1. The van der Waals surface area contributed by atoms with Gasteiger partial charge in [0.05, 0.1) is 12.8 Å². The van der Waals surface area contributed by atoms with Crippen molar-refractivity contribution in [3.63, 3.8) is 0 Å². The molecule has 0 amide bonds. The average Bonchev–Trinajstić information content (AvgIpc) is 2.95. The zero-order valence-electron chi connectivity index (χ0n) is 13.9. The fourth-order valence-electron chi connectivity index (χ4n) is 3.56. The minimum Gasteiger partial charge on any atom is -0.461 e. The molecule has 0 spiro atoms. The Bertz CT molecular complexity index is 787. The molecule has 2 heterocycles. The molecule has 4 rings (SSSR count). The monoisotopic (exact) mass is 347 g/mol. The second kappa shape index (κ2) is 6.13. The number of esters is 1. The highest BCUT2D eigenvalue weighted by molar-refractivity contribution is 5.86. The van der Waals surface area contributed by atoms with Crippen LogP contribution in [-0.4, -0.2) is 35.6 Å². The summed E-state index contributed by atoms with van der Waals surface area (Å²) in [6.45, 7) is 3.45. The fourth-order valence-corrected chi connectivity index (χ4v) is 3.56. The predicted octanol–water partition coefficient (Wildman–Crippen LogP) is 2.91. The number of ether oxygens (including phenoxy) is 1. The normalized spacial score (nSPS) is 21.3. The first kappa shape index (κ1) is 16.1. The second-order valence-corrected chi connectivity index (χ2v) is 6.71. The first-order chi connectivity index (χ1) is 12.0. The number of aromatic amines is 1. The Kier molecular flexibility index (Phi) is 3.94. The number of carbonyl (C=O) groups is 1. The van der Waals surface area contributed by atoms with Crippen LogP contribution in [0.25, 0.3) is 0 Å². The maximum Gasteiger partial charge on any atom is 0.356 e. The predicted molar refractivity (Wildman–Crippen MR) is 87.5 cm³/mol. The van der Waals surface area contributed by atoms with Crippen molar-refractivity contribution in [2.45, 2.75) is 19.8 Å². The van der Waals surface area contributed by atoms with Crippen molar-refractivity contribution in [2.75, 3.05) is 24.6 Å². The van der Waals surface area contributed by atoms with Gasteiger partial charge in [0.1, 0.15) is 28.8 Å².